The Morgan fingerprint density at radius 2 is 1.15 bits per heavy atom. The highest BCUT2D eigenvalue weighted by atomic mass is 16.5. The minimum absolute atomic E-state index is 0.0106. The maximum absolute atomic E-state index is 14.0. The van der Waals surface area contributed by atoms with Crippen LogP contribution >= 0.6 is 0 Å². The predicted molar refractivity (Wildman–Crippen MR) is 252 cm³/mol. The molecule has 16 heteroatoms. The molecule has 10 rings (SSSR count). The smallest absolute Gasteiger partial charge is 0.246 e. The molecule has 6 heterocycles. The minimum Gasteiger partial charge on any atom is -0.457 e. The quantitative estimate of drug-likeness (QED) is 0.106. The van der Waals surface area contributed by atoms with E-state index >= 15 is 0 Å². The molecular weight excluding hydrogens is 833 g/mol. The van der Waals surface area contributed by atoms with Crippen LogP contribution < -0.4 is 20.5 Å². The number of nitrogens with one attached hydrogen (secondary N) is 1. The fourth-order valence-corrected chi connectivity index (χ4v) is 8.94. The third-order valence-electron chi connectivity index (χ3n) is 12.2. The van der Waals surface area contributed by atoms with Crippen molar-refractivity contribution in [1.82, 2.24) is 49.3 Å². The van der Waals surface area contributed by atoms with Crippen molar-refractivity contribution in [3.05, 3.63) is 135 Å². The summed E-state index contributed by atoms with van der Waals surface area (Å²) in [7, 11) is 0. The Balaban J connectivity index is 0.869. The molecular formula is C50H48N12O4. The number of amides is 2. The van der Waals surface area contributed by atoms with Gasteiger partial charge in [0.05, 0.1) is 22.9 Å². The summed E-state index contributed by atoms with van der Waals surface area (Å²) in [5.74, 6) is 3.68. The summed E-state index contributed by atoms with van der Waals surface area (Å²) in [5, 5.41) is 15.1. The summed E-state index contributed by atoms with van der Waals surface area (Å²) < 4.78 is 15.9. The van der Waals surface area contributed by atoms with Crippen LogP contribution in [-0.4, -0.2) is 93.8 Å². The Morgan fingerprint density at radius 3 is 1.73 bits per heavy atom. The van der Waals surface area contributed by atoms with Gasteiger partial charge in [-0.1, -0.05) is 43.0 Å². The van der Waals surface area contributed by atoms with Crippen molar-refractivity contribution in [2.24, 2.45) is 0 Å². The Labute approximate surface area is 380 Å². The van der Waals surface area contributed by atoms with Crippen LogP contribution in [0.1, 0.15) is 44.2 Å². The molecule has 3 N–H and O–H groups in total. The highest BCUT2D eigenvalue weighted by Gasteiger charge is 2.31. The van der Waals surface area contributed by atoms with Crippen LogP contribution in [0.5, 0.6) is 23.0 Å². The number of aromatic nitrogens is 8. The number of ether oxygens (including phenoxy) is 2. The molecule has 0 bridgehead atoms. The predicted octanol–water partition coefficient (Wildman–Crippen LogP) is 8.48. The van der Waals surface area contributed by atoms with Crippen molar-refractivity contribution in [2.45, 2.75) is 44.2 Å². The lowest BCUT2D eigenvalue weighted by atomic mass is 10.1. The molecule has 2 aliphatic rings. The number of piperidine rings is 2. The second-order valence-corrected chi connectivity index (χ2v) is 16.4. The van der Waals surface area contributed by atoms with E-state index in [1.165, 1.54) is 18.7 Å². The number of anilines is 2. The van der Waals surface area contributed by atoms with Gasteiger partial charge in [-0.25, -0.2) is 29.3 Å². The van der Waals surface area contributed by atoms with E-state index in [9.17, 15) is 9.59 Å². The first-order chi connectivity index (χ1) is 32.4. The first kappa shape index (κ1) is 41.8. The first-order valence-corrected chi connectivity index (χ1v) is 22.2. The molecule has 4 aromatic heterocycles. The van der Waals surface area contributed by atoms with Gasteiger partial charge in [0.25, 0.3) is 0 Å². The van der Waals surface area contributed by atoms with Crippen molar-refractivity contribution >= 4 is 45.5 Å². The first-order valence-electron chi connectivity index (χ1n) is 22.2. The lowest BCUT2D eigenvalue weighted by Gasteiger charge is -2.33. The van der Waals surface area contributed by atoms with Gasteiger partial charge in [-0.05, 0) is 105 Å². The highest BCUT2D eigenvalue weighted by molar-refractivity contribution is 6.00. The number of likely N-dealkylation sites (tertiary alicyclic amines) is 2. The van der Waals surface area contributed by atoms with E-state index in [-0.39, 0.29) is 30.3 Å². The number of nitrogen functional groups attached to an aromatic ring is 1. The SMILES string of the molecule is C=CC(=O)N1CCC[C@H](n2nc(-c3ccc(Oc4ccccc4)cc3)c3c(NCCC(=O)N4CCC[C@@H](n5nc(-c6ccc(Oc7ccccc7)cc6)c6c(N)ncnc65)C4)ncnc32)C1. The maximum Gasteiger partial charge on any atom is 0.246 e. The third kappa shape index (κ3) is 8.59. The zero-order chi connectivity index (χ0) is 45.0. The summed E-state index contributed by atoms with van der Waals surface area (Å²) in [4.78, 5) is 48.8. The molecule has 0 spiro atoms. The lowest BCUT2D eigenvalue weighted by Crippen LogP contribution is -2.41. The van der Waals surface area contributed by atoms with Gasteiger partial charge in [0.2, 0.25) is 11.8 Å². The molecule has 2 atom stereocenters. The number of hydrogen-bond donors (Lipinski definition) is 2. The molecule has 8 aromatic rings. The zero-order valence-electron chi connectivity index (χ0n) is 36.2. The Kier molecular flexibility index (Phi) is 11.7. The molecule has 2 fully saturated rings. The lowest BCUT2D eigenvalue weighted by molar-refractivity contribution is -0.132. The highest BCUT2D eigenvalue weighted by Crippen LogP contribution is 2.38. The fourth-order valence-electron chi connectivity index (χ4n) is 8.94. The number of hydrogen-bond acceptors (Lipinski definition) is 12. The van der Waals surface area contributed by atoms with Gasteiger partial charge in [-0.2, -0.15) is 10.2 Å². The van der Waals surface area contributed by atoms with Gasteiger partial charge in [-0.3, -0.25) is 9.59 Å². The molecule has 66 heavy (non-hydrogen) atoms. The van der Waals surface area contributed by atoms with Gasteiger partial charge in [0.1, 0.15) is 58.7 Å². The average Bonchev–Trinajstić information content (AvgIpc) is 3.96. The van der Waals surface area contributed by atoms with Crippen molar-refractivity contribution in [2.75, 3.05) is 43.8 Å². The molecule has 2 aliphatic heterocycles. The van der Waals surface area contributed by atoms with Crippen molar-refractivity contribution < 1.29 is 19.1 Å². The van der Waals surface area contributed by atoms with Crippen LogP contribution in [-0.2, 0) is 9.59 Å². The Bertz CT molecular complexity index is 3010. The van der Waals surface area contributed by atoms with Gasteiger partial charge in [-0.15, -0.1) is 0 Å². The molecule has 4 aromatic carbocycles. The maximum atomic E-state index is 14.0. The van der Waals surface area contributed by atoms with E-state index in [0.29, 0.717) is 83.9 Å². The second kappa shape index (κ2) is 18.5. The summed E-state index contributed by atoms with van der Waals surface area (Å²) in [6.07, 6.45) is 7.82. The van der Waals surface area contributed by atoms with E-state index in [1.807, 2.05) is 123 Å². The molecule has 16 nitrogen and oxygen atoms in total. The van der Waals surface area contributed by atoms with E-state index in [0.717, 1.165) is 53.7 Å². The van der Waals surface area contributed by atoms with E-state index in [1.54, 1.807) is 4.90 Å². The van der Waals surface area contributed by atoms with Crippen molar-refractivity contribution in [1.29, 1.82) is 0 Å². The number of rotatable bonds is 13. The molecule has 332 valence electrons. The second-order valence-electron chi connectivity index (χ2n) is 16.4. The zero-order valence-corrected chi connectivity index (χ0v) is 36.2. The number of fused-ring (bicyclic) bond motifs is 2. The van der Waals surface area contributed by atoms with Crippen LogP contribution in [0, 0.1) is 0 Å². The molecule has 0 radical (unpaired) electrons. The summed E-state index contributed by atoms with van der Waals surface area (Å²) in [5.41, 5.74) is 10.8. The average molecular weight is 881 g/mol. The third-order valence-corrected chi connectivity index (χ3v) is 12.2. The van der Waals surface area contributed by atoms with Gasteiger partial charge in [0.15, 0.2) is 11.3 Å². The largest absolute Gasteiger partial charge is 0.457 e. The molecule has 2 saturated heterocycles. The minimum atomic E-state index is -0.126. The van der Waals surface area contributed by atoms with Gasteiger partial charge >= 0.3 is 0 Å². The van der Waals surface area contributed by atoms with Crippen molar-refractivity contribution in [3.63, 3.8) is 0 Å². The number of carbonyl (C=O) groups excluding carboxylic acids is 2. The van der Waals surface area contributed by atoms with E-state index < -0.39 is 0 Å². The van der Waals surface area contributed by atoms with Crippen LogP contribution in [0.2, 0.25) is 0 Å². The fraction of sp³-hybridized carbons (Fsp3) is 0.240. The number of para-hydroxylation sites is 2. The Morgan fingerprint density at radius 1 is 0.652 bits per heavy atom. The topological polar surface area (TPSA) is 184 Å². The van der Waals surface area contributed by atoms with E-state index in [4.69, 9.17) is 30.4 Å². The molecule has 0 unspecified atom stereocenters. The number of nitrogens with zero attached hydrogens (tertiary/aromatic N) is 10. The monoisotopic (exact) mass is 880 g/mol. The molecule has 0 aliphatic carbocycles. The van der Waals surface area contributed by atoms with Crippen LogP contribution in [0.25, 0.3) is 44.6 Å². The molecule has 2 amide bonds. The van der Waals surface area contributed by atoms with Crippen LogP contribution in [0.3, 0.4) is 0 Å². The number of carbonyl (C=O) groups is 2. The number of nitrogens with two attached hydrogens (primary N) is 1. The van der Waals surface area contributed by atoms with E-state index in [2.05, 4.69) is 26.8 Å². The van der Waals surface area contributed by atoms with Gasteiger partial charge < -0.3 is 30.3 Å². The normalized spacial score (nSPS) is 16.3. The Hall–Kier alpha value is -8.14. The van der Waals surface area contributed by atoms with Gasteiger partial charge in [0, 0.05) is 50.3 Å². The van der Waals surface area contributed by atoms with Crippen LogP contribution in [0.15, 0.2) is 135 Å². The number of benzene rings is 4. The summed E-state index contributed by atoms with van der Waals surface area (Å²) >= 11 is 0. The van der Waals surface area contributed by atoms with Crippen molar-refractivity contribution in [3.8, 4) is 45.5 Å². The summed E-state index contributed by atoms with van der Waals surface area (Å²) in [6, 6.07) is 34.5. The standard InChI is InChI=1S/C50H48N12O4/c1-2-41(63)59-27-9-11-35(29-59)62-50-44(46(58-62)34-19-23-40(24-20-34)66-38-15-7-4-8-16-38)48(54-32-56-50)52-26-25-42(64)60-28-10-12-36(30-60)61-49-43(47(51)53-31-55-49)45(57-61)33-17-21-39(22-18-33)65-37-13-5-3-6-14-37/h2-8,13-24,31-32,35-36H,1,9-12,25-30H2,(H2,51,53,55)(H,52,54,56)/t35-,36+/m0/s1. The van der Waals surface area contributed by atoms with Crippen LogP contribution in [0.4, 0.5) is 11.6 Å². The molecule has 0 saturated carbocycles. The summed E-state index contributed by atoms with van der Waals surface area (Å²) in [6.45, 7) is 6.27.